The molecule has 84 valence electrons. The van der Waals surface area contributed by atoms with Crippen molar-refractivity contribution < 1.29 is 0 Å². The second-order valence-corrected chi connectivity index (χ2v) is 5.74. The van der Waals surface area contributed by atoms with Gasteiger partial charge in [-0.3, -0.25) is 0 Å². The molecule has 3 heteroatoms. The van der Waals surface area contributed by atoms with Gasteiger partial charge in [0.1, 0.15) is 0 Å². The number of hydrogen-bond acceptors (Lipinski definition) is 2. The molecule has 2 rings (SSSR count). The molecule has 1 aromatic heterocycles. The predicted octanol–water partition coefficient (Wildman–Crippen LogP) is 4.28. The van der Waals surface area contributed by atoms with E-state index < -0.39 is 0 Å². The van der Waals surface area contributed by atoms with Gasteiger partial charge in [-0.15, -0.1) is 22.9 Å². The molecule has 16 heavy (non-hydrogen) atoms. The summed E-state index contributed by atoms with van der Waals surface area (Å²) in [6.07, 6.45) is 2.75. The summed E-state index contributed by atoms with van der Waals surface area (Å²) < 4.78 is 0. The molecule has 1 nitrogen and oxygen atoms in total. The summed E-state index contributed by atoms with van der Waals surface area (Å²) in [4.78, 5) is 5.38. The Morgan fingerprint density at radius 1 is 1.38 bits per heavy atom. The van der Waals surface area contributed by atoms with Crippen LogP contribution in [0.1, 0.15) is 26.4 Å². The zero-order valence-corrected chi connectivity index (χ0v) is 11.0. The Labute approximate surface area is 105 Å². The van der Waals surface area contributed by atoms with Crippen molar-refractivity contribution in [3.05, 3.63) is 51.5 Å². The summed E-state index contributed by atoms with van der Waals surface area (Å²) in [6.45, 7) is 4.11. The molecule has 1 unspecified atom stereocenters. The van der Waals surface area contributed by atoms with Gasteiger partial charge in [-0.1, -0.05) is 29.8 Å². The molecule has 0 bridgehead atoms. The summed E-state index contributed by atoms with van der Waals surface area (Å²) in [6, 6.07) is 8.48. The molecule has 0 radical (unpaired) electrons. The topological polar surface area (TPSA) is 12.9 Å². The highest BCUT2D eigenvalue weighted by Gasteiger charge is 2.11. The van der Waals surface area contributed by atoms with Crippen LogP contribution in [0.15, 0.2) is 30.5 Å². The Morgan fingerprint density at radius 2 is 2.19 bits per heavy atom. The van der Waals surface area contributed by atoms with Gasteiger partial charge in [0.05, 0.1) is 10.4 Å². The van der Waals surface area contributed by atoms with E-state index in [9.17, 15) is 0 Å². The number of halogens is 1. The number of aryl methyl sites for hydroxylation is 2. The summed E-state index contributed by atoms with van der Waals surface area (Å²) in [5.74, 6) is 0. The van der Waals surface area contributed by atoms with Crippen molar-refractivity contribution >= 4 is 22.9 Å². The van der Waals surface area contributed by atoms with Gasteiger partial charge in [0.25, 0.3) is 0 Å². The van der Waals surface area contributed by atoms with E-state index in [0.29, 0.717) is 0 Å². The third-order valence-electron chi connectivity index (χ3n) is 2.45. The molecule has 0 saturated heterocycles. The Bertz CT molecular complexity index is 478. The van der Waals surface area contributed by atoms with Gasteiger partial charge >= 0.3 is 0 Å². The smallest absolute Gasteiger partial charge is 0.0897 e. The summed E-state index contributed by atoms with van der Waals surface area (Å²) in [7, 11) is 0. The lowest BCUT2D eigenvalue weighted by molar-refractivity contribution is 0.934. The van der Waals surface area contributed by atoms with Crippen molar-refractivity contribution in [3.63, 3.8) is 0 Å². The number of nitrogens with zero attached hydrogens (tertiary/aromatic N) is 1. The lowest BCUT2D eigenvalue weighted by Crippen LogP contribution is -1.93. The number of benzene rings is 1. The Hall–Kier alpha value is -0.860. The maximum Gasteiger partial charge on any atom is 0.0897 e. The highest BCUT2D eigenvalue weighted by atomic mass is 35.5. The number of rotatable bonds is 3. The molecule has 1 heterocycles. The SMILES string of the molecule is Cc1cccc(CC(Cl)c2cnc(C)s2)c1. The van der Waals surface area contributed by atoms with Crippen LogP contribution in [0.4, 0.5) is 0 Å². The van der Waals surface area contributed by atoms with Gasteiger partial charge in [0, 0.05) is 11.1 Å². The fourth-order valence-electron chi connectivity index (χ4n) is 1.67. The summed E-state index contributed by atoms with van der Waals surface area (Å²) in [5.41, 5.74) is 2.56. The molecule has 0 aliphatic carbocycles. The Morgan fingerprint density at radius 3 is 2.81 bits per heavy atom. The van der Waals surface area contributed by atoms with Gasteiger partial charge in [-0.2, -0.15) is 0 Å². The molecule has 0 N–H and O–H groups in total. The largest absolute Gasteiger partial charge is 0.250 e. The number of thiazole rings is 1. The van der Waals surface area contributed by atoms with Crippen molar-refractivity contribution in [1.82, 2.24) is 4.98 Å². The standard InChI is InChI=1S/C13H14ClNS/c1-9-4-3-5-11(6-9)7-12(14)13-8-15-10(2)16-13/h3-6,8,12H,7H2,1-2H3. The van der Waals surface area contributed by atoms with Crippen LogP contribution in [0.5, 0.6) is 0 Å². The fraction of sp³-hybridized carbons (Fsp3) is 0.308. The van der Waals surface area contributed by atoms with E-state index in [2.05, 4.69) is 36.2 Å². The van der Waals surface area contributed by atoms with E-state index in [1.165, 1.54) is 11.1 Å². The first kappa shape index (κ1) is 11.6. The average Bonchev–Trinajstić information content (AvgIpc) is 2.65. The second kappa shape index (κ2) is 4.98. The van der Waals surface area contributed by atoms with Crippen LogP contribution in [0, 0.1) is 13.8 Å². The second-order valence-electron chi connectivity index (χ2n) is 3.94. The van der Waals surface area contributed by atoms with E-state index >= 15 is 0 Å². The molecular formula is C13H14ClNS. The highest BCUT2D eigenvalue weighted by molar-refractivity contribution is 7.11. The molecule has 0 saturated carbocycles. The minimum absolute atomic E-state index is 0.0352. The van der Waals surface area contributed by atoms with Gasteiger partial charge in [-0.05, 0) is 25.8 Å². The normalized spacial score (nSPS) is 12.7. The van der Waals surface area contributed by atoms with E-state index in [4.69, 9.17) is 11.6 Å². The molecule has 0 fully saturated rings. The van der Waals surface area contributed by atoms with Gasteiger partial charge in [0.2, 0.25) is 0 Å². The molecule has 0 amide bonds. The monoisotopic (exact) mass is 251 g/mol. The van der Waals surface area contributed by atoms with Crippen LogP contribution in [0.3, 0.4) is 0 Å². The molecular weight excluding hydrogens is 238 g/mol. The molecule has 0 aliphatic rings. The van der Waals surface area contributed by atoms with Crippen LogP contribution in [-0.2, 0) is 6.42 Å². The van der Waals surface area contributed by atoms with E-state index in [1.807, 2.05) is 13.1 Å². The molecule has 1 atom stereocenters. The van der Waals surface area contributed by atoms with Gasteiger partial charge in [0.15, 0.2) is 0 Å². The van der Waals surface area contributed by atoms with E-state index in [1.54, 1.807) is 11.3 Å². The molecule has 1 aromatic carbocycles. The van der Waals surface area contributed by atoms with Crippen molar-refractivity contribution in [2.75, 3.05) is 0 Å². The van der Waals surface area contributed by atoms with Crippen molar-refractivity contribution in [2.24, 2.45) is 0 Å². The number of hydrogen-bond donors (Lipinski definition) is 0. The zero-order valence-electron chi connectivity index (χ0n) is 9.40. The fourth-order valence-corrected chi connectivity index (χ4v) is 2.80. The summed E-state index contributed by atoms with van der Waals surface area (Å²) in [5, 5.41) is 1.11. The first-order valence-corrected chi connectivity index (χ1v) is 6.52. The highest BCUT2D eigenvalue weighted by Crippen LogP contribution is 2.29. The van der Waals surface area contributed by atoms with Gasteiger partial charge in [-0.25, -0.2) is 4.98 Å². The lowest BCUT2D eigenvalue weighted by atomic mass is 10.1. The molecule has 0 aliphatic heterocycles. The Balaban J connectivity index is 2.10. The minimum Gasteiger partial charge on any atom is -0.250 e. The van der Waals surface area contributed by atoms with Crippen molar-refractivity contribution in [3.8, 4) is 0 Å². The first-order chi connectivity index (χ1) is 7.65. The van der Waals surface area contributed by atoms with Crippen molar-refractivity contribution in [2.45, 2.75) is 25.6 Å². The van der Waals surface area contributed by atoms with Crippen LogP contribution >= 0.6 is 22.9 Å². The number of aromatic nitrogens is 1. The predicted molar refractivity (Wildman–Crippen MR) is 70.3 cm³/mol. The van der Waals surface area contributed by atoms with Crippen LogP contribution in [-0.4, -0.2) is 4.98 Å². The first-order valence-electron chi connectivity index (χ1n) is 5.27. The minimum atomic E-state index is 0.0352. The van der Waals surface area contributed by atoms with Crippen LogP contribution in [0.2, 0.25) is 0 Å². The third-order valence-corrected chi connectivity index (χ3v) is 3.99. The molecule has 0 spiro atoms. The quantitative estimate of drug-likeness (QED) is 0.742. The summed E-state index contributed by atoms with van der Waals surface area (Å²) >= 11 is 8.05. The maximum atomic E-state index is 6.38. The van der Waals surface area contributed by atoms with E-state index in [-0.39, 0.29) is 5.38 Å². The maximum absolute atomic E-state index is 6.38. The van der Waals surface area contributed by atoms with Crippen LogP contribution < -0.4 is 0 Å². The lowest BCUT2D eigenvalue weighted by Gasteiger charge is -2.07. The van der Waals surface area contributed by atoms with Gasteiger partial charge < -0.3 is 0 Å². The molecule has 2 aromatic rings. The average molecular weight is 252 g/mol. The Kier molecular flexibility index (Phi) is 3.62. The number of alkyl halides is 1. The zero-order chi connectivity index (χ0) is 11.5. The van der Waals surface area contributed by atoms with Crippen molar-refractivity contribution in [1.29, 1.82) is 0 Å². The van der Waals surface area contributed by atoms with E-state index in [0.717, 1.165) is 16.3 Å². The van der Waals surface area contributed by atoms with Crippen LogP contribution in [0.25, 0.3) is 0 Å². The third kappa shape index (κ3) is 2.83.